The maximum atomic E-state index is 11.7. The minimum absolute atomic E-state index is 0.267. The molecule has 0 saturated heterocycles. The summed E-state index contributed by atoms with van der Waals surface area (Å²) in [5.74, 6) is -0.554. The Balaban J connectivity index is 2.00. The van der Waals surface area contributed by atoms with E-state index in [4.69, 9.17) is 4.74 Å². The van der Waals surface area contributed by atoms with Crippen LogP contribution in [-0.4, -0.2) is 23.3 Å². The van der Waals surface area contributed by atoms with Crippen molar-refractivity contribution in [2.75, 3.05) is 11.9 Å². The van der Waals surface area contributed by atoms with Crippen LogP contribution in [0.4, 0.5) is 5.69 Å². The maximum absolute atomic E-state index is 11.7. The van der Waals surface area contributed by atoms with Crippen LogP contribution in [-0.2, 0) is 4.79 Å². The molecule has 1 amide bonds. The van der Waals surface area contributed by atoms with Crippen LogP contribution in [0.2, 0.25) is 0 Å². The molecule has 1 aromatic heterocycles. The Morgan fingerprint density at radius 1 is 1.21 bits per heavy atom. The number of Topliss-reactive ketones (excluding diaryl/α,β-unsaturated/α-hetero) is 1. The van der Waals surface area contributed by atoms with Gasteiger partial charge in [-0.15, -0.1) is 0 Å². The Bertz CT molecular complexity index is 559. The van der Waals surface area contributed by atoms with Gasteiger partial charge in [0.1, 0.15) is 5.75 Å². The van der Waals surface area contributed by atoms with Gasteiger partial charge < -0.3 is 15.0 Å². The molecule has 1 heterocycles. The summed E-state index contributed by atoms with van der Waals surface area (Å²) in [6, 6.07) is 10.1. The fourth-order valence-corrected chi connectivity index (χ4v) is 1.58. The van der Waals surface area contributed by atoms with Crippen molar-refractivity contribution < 1.29 is 14.3 Å². The number of hydrogen-bond donors (Lipinski definition) is 2. The molecule has 0 aliphatic heterocycles. The highest BCUT2D eigenvalue weighted by Gasteiger charge is 2.16. The van der Waals surface area contributed by atoms with Crippen molar-refractivity contribution in [2.24, 2.45) is 0 Å². The van der Waals surface area contributed by atoms with Crippen LogP contribution in [0, 0.1) is 0 Å². The number of aromatic nitrogens is 1. The van der Waals surface area contributed by atoms with E-state index in [0.29, 0.717) is 12.3 Å². The predicted molar refractivity (Wildman–Crippen MR) is 71.4 cm³/mol. The molecule has 0 spiro atoms. The number of ketones is 1. The molecule has 2 rings (SSSR count). The van der Waals surface area contributed by atoms with Gasteiger partial charge in [0, 0.05) is 11.9 Å². The number of benzene rings is 1. The van der Waals surface area contributed by atoms with Crippen LogP contribution < -0.4 is 10.1 Å². The predicted octanol–water partition coefficient (Wildman–Crippen LogP) is 2.23. The van der Waals surface area contributed by atoms with Gasteiger partial charge in [0.05, 0.1) is 12.3 Å². The molecule has 0 unspecified atom stereocenters. The highest BCUT2D eigenvalue weighted by atomic mass is 16.5. The third kappa shape index (κ3) is 3.22. The second-order valence-corrected chi connectivity index (χ2v) is 3.82. The monoisotopic (exact) mass is 258 g/mol. The van der Waals surface area contributed by atoms with E-state index in [1.54, 1.807) is 42.6 Å². The smallest absolute Gasteiger partial charge is 0.298 e. The van der Waals surface area contributed by atoms with Crippen LogP contribution in [0.5, 0.6) is 5.75 Å². The fraction of sp³-hybridized carbons (Fsp3) is 0.143. The van der Waals surface area contributed by atoms with Gasteiger partial charge in [0.2, 0.25) is 0 Å². The quantitative estimate of drug-likeness (QED) is 0.638. The Morgan fingerprint density at radius 2 is 1.95 bits per heavy atom. The number of rotatable bonds is 5. The van der Waals surface area contributed by atoms with Crippen LogP contribution in [0.1, 0.15) is 17.4 Å². The van der Waals surface area contributed by atoms with Crippen LogP contribution in [0.25, 0.3) is 0 Å². The molecular formula is C14H14N2O3. The largest absolute Gasteiger partial charge is 0.494 e. The van der Waals surface area contributed by atoms with E-state index in [2.05, 4.69) is 10.3 Å². The number of H-pyrrole nitrogens is 1. The van der Waals surface area contributed by atoms with Crippen molar-refractivity contribution in [1.29, 1.82) is 0 Å². The normalized spacial score (nSPS) is 9.95. The summed E-state index contributed by atoms with van der Waals surface area (Å²) < 4.78 is 5.29. The van der Waals surface area contributed by atoms with E-state index >= 15 is 0 Å². The Labute approximate surface area is 110 Å². The van der Waals surface area contributed by atoms with Crippen molar-refractivity contribution in [1.82, 2.24) is 4.98 Å². The Morgan fingerprint density at radius 3 is 2.53 bits per heavy atom. The van der Waals surface area contributed by atoms with E-state index in [1.165, 1.54) is 0 Å². The Kier molecular flexibility index (Phi) is 3.97. The minimum Gasteiger partial charge on any atom is -0.494 e. The molecule has 0 saturated carbocycles. The molecule has 0 atom stereocenters. The first-order chi connectivity index (χ1) is 9.20. The van der Waals surface area contributed by atoms with Gasteiger partial charge in [-0.3, -0.25) is 9.59 Å². The molecule has 98 valence electrons. The van der Waals surface area contributed by atoms with Crippen LogP contribution in [0.3, 0.4) is 0 Å². The molecule has 0 radical (unpaired) electrons. The molecule has 0 aliphatic carbocycles. The van der Waals surface area contributed by atoms with Crippen molar-refractivity contribution in [2.45, 2.75) is 6.92 Å². The topological polar surface area (TPSA) is 71.2 Å². The fourth-order valence-electron chi connectivity index (χ4n) is 1.58. The average Bonchev–Trinajstić information content (AvgIpc) is 2.94. The third-order valence-electron chi connectivity index (χ3n) is 2.47. The van der Waals surface area contributed by atoms with Gasteiger partial charge in [-0.1, -0.05) is 0 Å². The van der Waals surface area contributed by atoms with Crippen LogP contribution in [0.15, 0.2) is 42.6 Å². The number of ether oxygens (including phenoxy) is 1. The summed E-state index contributed by atoms with van der Waals surface area (Å²) in [5.41, 5.74) is 0.816. The van der Waals surface area contributed by atoms with E-state index in [9.17, 15) is 9.59 Å². The zero-order valence-corrected chi connectivity index (χ0v) is 10.5. The molecule has 0 fully saturated rings. The van der Waals surface area contributed by atoms with Gasteiger partial charge in [-0.25, -0.2) is 0 Å². The number of carbonyl (C=O) groups is 2. The van der Waals surface area contributed by atoms with Gasteiger partial charge >= 0.3 is 0 Å². The number of nitrogens with one attached hydrogen (secondary N) is 2. The highest BCUT2D eigenvalue weighted by Crippen LogP contribution is 2.15. The Hall–Kier alpha value is -2.56. The molecule has 5 nitrogen and oxygen atoms in total. The van der Waals surface area contributed by atoms with Gasteiger partial charge in [-0.2, -0.15) is 0 Å². The SMILES string of the molecule is CCOc1ccc(NC(=O)C(=O)c2ccc[nH]2)cc1. The lowest BCUT2D eigenvalue weighted by Crippen LogP contribution is -2.23. The number of carbonyl (C=O) groups excluding carboxylic acids is 2. The van der Waals surface area contributed by atoms with Gasteiger partial charge in [0.15, 0.2) is 0 Å². The average molecular weight is 258 g/mol. The number of aromatic amines is 1. The number of amides is 1. The second kappa shape index (κ2) is 5.86. The van der Waals surface area contributed by atoms with Gasteiger partial charge in [-0.05, 0) is 43.3 Å². The first-order valence-corrected chi connectivity index (χ1v) is 5.92. The summed E-state index contributed by atoms with van der Waals surface area (Å²) in [4.78, 5) is 26.1. The lowest BCUT2D eigenvalue weighted by atomic mass is 10.2. The zero-order chi connectivity index (χ0) is 13.7. The first kappa shape index (κ1) is 12.9. The number of hydrogen-bond acceptors (Lipinski definition) is 3. The number of anilines is 1. The summed E-state index contributed by atoms with van der Waals surface area (Å²) in [7, 11) is 0. The van der Waals surface area contributed by atoms with Crippen LogP contribution >= 0.6 is 0 Å². The van der Waals surface area contributed by atoms with E-state index in [-0.39, 0.29) is 5.69 Å². The first-order valence-electron chi connectivity index (χ1n) is 5.92. The van der Waals surface area contributed by atoms with Crippen molar-refractivity contribution in [3.63, 3.8) is 0 Å². The zero-order valence-electron chi connectivity index (χ0n) is 10.5. The molecule has 2 aromatic rings. The molecule has 5 heteroatoms. The lowest BCUT2D eigenvalue weighted by Gasteiger charge is -2.06. The second-order valence-electron chi connectivity index (χ2n) is 3.82. The summed E-state index contributed by atoms with van der Waals surface area (Å²) in [6.45, 7) is 2.47. The van der Waals surface area contributed by atoms with Gasteiger partial charge in [0.25, 0.3) is 11.7 Å². The molecular weight excluding hydrogens is 244 g/mol. The molecule has 19 heavy (non-hydrogen) atoms. The molecule has 1 aromatic carbocycles. The lowest BCUT2D eigenvalue weighted by molar-refractivity contribution is -0.112. The van der Waals surface area contributed by atoms with E-state index in [1.807, 2.05) is 6.92 Å². The maximum Gasteiger partial charge on any atom is 0.298 e. The van der Waals surface area contributed by atoms with E-state index in [0.717, 1.165) is 5.75 Å². The van der Waals surface area contributed by atoms with Crippen molar-refractivity contribution >= 4 is 17.4 Å². The third-order valence-corrected chi connectivity index (χ3v) is 2.47. The molecule has 2 N–H and O–H groups in total. The van der Waals surface area contributed by atoms with Crippen molar-refractivity contribution in [3.8, 4) is 5.75 Å². The summed E-state index contributed by atoms with van der Waals surface area (Å²) in [6.07, 6.45) is 1.59. The highest BCUT2D eigenvalue weighted by molar-refractivity contribution is 6.46. The standard InChI is InChI=1S/C14H14N2O3/c1-2-19-11-7-5-10(6-8-11)16-14(18)13(17)12-4-3-9-15-12/h3-9,15H,2H2,1H3,(H,16,18). The van der Waals surface area contributed by atoms with E-state index < -0.39 is 11.7 Å². The van der Waals surface area contributed by atoms with Crippen molar-refractivity contribution in [3.05, 3.63) is 48.3 Å². The summed E-state index contributed by atoms with van der Waals surface area (Å²) >= 11 is 0. The molecule has 0 aliphatic rings. The minimum atomic E-state index is -0.674. The molecule has 0 bridgehead atoms. The summed E-state index contributed by atoms with van der Waals surface area (Å²) in [5, 5.41) is 2.54.